The molecule has 1 aliphatic rings. The Kier molecular flexibility index (Phi) is 6.02. The van der Waals surface area contributed by atoms with Crippen molar-refractivity contribution < 1.29 is 14.3 Å². The zero-order valence-electron chi connectivity index (χ0n) is 18.0. The number of rotatable bonds is 7. The smallest absolute Gasteiger partial charge is 0.249 e. The molecule has 7 heteroatoms. The number of benzene rings is 2. The van der Waals surface area contributed by atoms with Gasteiger partial charge >= 0.3 is 0 Å². The number of hydrogen-bond acceptors (Lipinski definition) is 6. The highest BCUT2D eigenvalue weighted by Crippen LogP contribution is 2.32. The van der Waals surface area contributed by atoms with E-state index in [4.69, 9.17) is 14.5 Å². The second kappa shape index (κ2) is 9.04. The molecule has 1 saturated heterocycles. The highest BCUT2D eigenvalue weighted by molar-refractivity contribution is 6.01. The fraction of sp³-hybridized carbons (Fsp3) is 0.292. The van der Waals surface area contributed by atoms with Crippen LogP contribution in [-0.2, 0) is 11.2 Å². The number of likely N-dealkylation sites (N-methyl/N-ethyl adjacent to an activating group) is 1. The van der Waals surface area contributed by atoms with Crippen molar-refractivity contribution in [1.82, 2.24) is 9.97 Å². The summed E-state index contributed by atoms with van der Waals surface area (Å²) in [5.41, 5.74) is 1.92. The minimum absolute atomic E-state index is 0.0287. The zero-order chi connectivity index (χ0) is 21.8. The Morgan fingerprint density at radius 2 is 1.77 bits per heavy atom. The molecule has 0 spiro atoms. The first-order valence-electron chi connectivity index (χ1n) is 10.2. The molecule has 0 radical (unpaired) electrons. The Labute approximate surface area is 182 Å². The molecule has 0 bridgehead atoms. The van der Waals surface area contributed by atoms with Crippen LogP contribution in [-0.4, -0.2) is 49.7 Å². The number of amides is 1. The molecule has 4 rings (SSSR count). The van der Waals surface area contributed by atoms with Gasteiger partial charge in [0.1, 0.15) is 29.2 Å². The number of nitrogens with zero attached hydrogens (tertiary/aromatic N) is 4. The van der Waals surface area contributed by atoms with Crippen molar-refractivity contribution in [3.8, 4) is 11.5 Å². The van der Waals surface area contributed by atoms with Gasteiger partial charge in [0.25, 0.3) is 0 Å². The lowest BCUT2D eigenvalue weighted by molar-refractivity contribution is -0.118. The summed E-state index contributed by atoms with van der Waals surface area (Å²) >= 11 is 0. The van der Waals surface area contributed by atoms with Gasteiger partial charge in [-0.2, -0.15) is 0 Å². The van der Waals surface area contributed by atoms with Crippen molar-refractivity contribution in [3.63, 3.8) is 0 Å². The summed E-state index contributed by atoms with van der Waals surface area (Å²) in [6, 6.07) is 17.2. The van der Waals surface area contributed by atoms with Gasteiger partial charge in [-0.3, -0.25) is 4.79 Å². The molecule has 0 aliphatic carbocycles. The summed E-state index contributed by atoms with van der Waals surface area (Å²) in [6.07, 6.45) is 3.10. The van der Waals surface area contributed by atoms with E-state index in [0.29, 0.717) is 30.9 Å². The third-order valence-electron chi connectivity index (χ3n) is 5.55. The lowest BCUT2D eigenvalue weighted by Crippen LogP contribution is -2.40. The lowest BCUT2D eigenvalue weighted by atomic mass is 10.1. The number of carbonyl (C=O) groups excluding carboxylic acids is 1. The third-order valence-corrected chi connectivity index (χ3v) is 5.55. The van der Waals surface area contributed by atoms with E-state index in [1.807, 2.05) is 48.3 Å². The van der Waals surface area contributed by atoms with Crippen molar-refractivity contribution in [3.05, 3.63) is 72.2 Å². The van der Waals surface area contributed by atoms with Gasteiger partial charge in [0, 0.05) is 44.4 Å². The summed E-state index contributed by atoms with van der Waals surface area (Å²) in [7, 11) is 5.11. The fourth-order valence-corrected chi connectivity index (χ4v) is 3.84. The average Bonchev–Trinajstić information content (AvgIpc) is 3.20. The second-order valence-electron chi connectivity index (χ2n) is 7.47. The van der Waals surface area contributed by atoms with Crippen LogP contribution in [0.4, 0.5) is 11.5 Å². The van der Waals surface area contributed by atoms with E-state index in [1.54, 1.807) is 31.4 Å². The molecule has 160 valence electrons. The van der Waals surface area contributed by atoms with E-state index in [-0.39, 0.29) is 11.9 Å². The van der Waals surface area contributed by atoms with Gasteiger partial charge in [0.15, 0.2) is 0 Å². The summed E-state index contributed by atoms with van der Waals surface area (Å²) in [5, 5.41) is 0. The summed E-state index contributed by atoms with van der Waals surface area (Å²) in [5.74, 6) is 2.81. The van der Waals surface area contributed by atoms with E-state index in [0.717, 1.165) is 22.9 Å². The topological polar surface area (TPSA) is 67.8 Å². The largest absolute Gasteiger partial charge is 0.497 e. The standard InChI is InChI=1S/C24H26N4O3/c1-27(23-9-11-25-22(26-23)13-17-7-5-4-6-8-17)21-10-12-28(24(21)29)18-14-19(30-2)16-20(15-18)31-3/h4-9,11,14-16,21H,10,12-13H2,1-3H3. The van der Waals surface area contributed by atoms with E-state index >= 15 is 0 Å². The molecule has 2 aromatic carbocycles. The molecule has 1 amide bonds. The molecule has 3 aromatic rings. The van der Waals surface area contributed by atoms with Crippen molar-refractivity contribution in [2.24, 2.45) is 0 Å². The first-order chi connectivity index (χ1) is 15.1. The predicted molar refractivity (Wildman–Crippen MR) is 120 cm³/mol. The maximum atomic E-state index is 13.3. The molecule has 1 atom stereocenters. The van der Waals surface area contributed by atoms with Gasteiger partial charge in [-0.05, 0) is 18.1 Å². The normalized spacial score (nSPS) is 15.8. The van der Waals surface area contributed by atoms with Gasteiger partial charge in [-0.25, -0.2) is 9.97 Å². The van der Waals surface area contributed by atoms with E-state index in [2.05, 4.69) is 17.1 Å². The van der Waals surface area contributed by atoms with Crippen molar-refractivity contribution in [2.45, 2.75) is 18.9 Å². The van der Waals surface area contributed by atoms with Crippen molar-refractivity contribution >= 4 is 17.4 Å². The maximum Gasteiger partial charge on any atom is 0.249 e. The maximum absolute atomic E-state index is 13.3. The molecule has 2 heterocycles. The van der Waals surface area contributed by atoms with Crippen LogP contribution in [0.5, 0.6) is 11.5 Å². The van der Waals surface area contributed by atoms with Gasteiger partial charge < -0.3 is 19.3 Å². The fourth-order valence-electron chi connectivity index (χ4n) is 3.84. The van der Waals surface area contributed by atoms with Crippen LogP contribution in [0.25, 0.3) is 0 Å². The summed E-state index contributed by atoms with van der Waals surface area (Å²) in [6.45, 7) is 0.617. The number of aromatic nitrogens is 2. The van der Waals surface area contributed by atoms with Crippen LogP contribution in [0.15, 0.2) is 60.8 Å². The highest BCUT2D eigenvalue weighted by atomic mass is 16.5. The van der Waals surface area contributed by atoms with Crippen LogP contribution in [0, 0.1) is 0 Å². The van der Waals surface area contributed by atoms with Crippen LogP contribution in [0.3, 0.4) is 0 Å². The molecule has 7 nitrogen and oxygen atoms in total. The van der Waals surface area contributed by atoms with E-state index in [1.165, 1.54) is 0 Å². The van der Waals surface area contributed by atoms with Crippen LogP contribution >= 0.6 is 0 Å². The molecule has 0 saturated carbocycles. The average molecular weight is 418 g/mol. The van der Waals surface area contributed by atoms with E-state index in [9.17, 15) is 4.79 Å². The first-order valence-corrected chi connectivity index (χ1v) is 10.2. The molecular weight excluding hydrogens is 392 g/mol. The van der Waals surface area contributed by atoms with Crippen molar-refractivity contribution in [1.29, 1.82) is 0 Å². The van der Waals surface area contributed by atoms with Crippen molar-refractivity contribution in [2.75, 3.05) is 37.6 Å². The third kappa shape index (κ3) is 4.45. The Morgan fingerprint density at radius 3 is 2.45 bits per heavy atom. The number of hydrogen-bond donors (Lipinski definition) is 0. The Morgan fingerprint density at radius 1 is 1.06 bits per heavy atom. The molecule has 31 heavy (non-hydrogen) atoms. The molecule has 0 N–H and O–H groups in total. The van der Waals surface area contributed by atoms with Gasteiger partial charge in [-0.15, -0.1) is 0 Å². The second-order valence-corrected chi connectivity index (χ2v) is 7.47. The molecule has 1 unspecified atom stereocenters. The van der Waals surface area contributed by atoms with Gasteiger partial charge in [-0.1, -0.05) is 30.3 Å². The van der Waals surface area contributed by atoms with Crippen LogP contribution in [0.1, 0.15) is 17.8 Å². The summed E-state index contributed by atoms with van der Waals surface area (Å²) in [4.78, 5) is 26.1. The first kappa shape index (κ1) is 20.7. The minimum atomic E-state index is -0.295. The SMILES string of the molecule is COc1cc(OC)cc(N2CCC(N(C)c3ccnc(Cc4ccccc4)n3)C2=O)c1. The monoisotopic (exact) mass is 418 g/mol. The molecule has 1 aromatic heterocycles. The number of ether oxygens (including phenoxy) is 2. The Hall–Kier alpha value is -3.61. The highest BCUT2D eigenvalue weighted by Gasteiger charge is 2.36. The predicted octanol–water partition coefficient (Wildman–Crippen LogP) is 3.33. The van der Waals surface area contributed by atoms with E-state index < -0.39 is 0 Å². The van der Waals surface area contributed by atoms with Gasteiger partial charge in [0.2, 0.25) is 5.91 Å². The zero-order valence-corrected chi connectivity index (χ0v) is 18.0. The quantitative estimate of drug-likeness (QED) is 0.586. The lowest BCUT2D eigenvalue weighted by Gasteiger charge is -2.25. The molecular formula is C24H26N4O3. The molecule has 1 fully saturated rings. The van der Waals surface area contributed by atoms with Crippen LogP contribution < -0.4 is 19.3 Å². The van der Waals surface area contributed by atoms with Crippen LogP contribution in [0.2, 0.25) is 0 Å². The number of methoxy groups -OCH3 is 2. The Bertz CT molecular complexity index is 1040. The summed E-state index contributed by atoms with van der Waals surface area (Å²) < 4.78 is 10.7. The van der Waals surface area contributed by atoms with Gasteiger partial charge in [0.05, 0.1) is 19.9 Å². The Balaban J connectivity index is 1.52. The number of carbonyl (C=O) groups is 1. The minimum Gasteiger partial charge on any atom is -0.497 e. The number of anilines is 2. The molecule has 1 aliphatic heterocycles.